The lowest BCUT2D eigenvalue weighted by atomic mass is 10.2. The van der Waals surface area contributed by atoms with Gasteiger partial charge in [-0.1, -0.05) is 11.6 Å². The normalized spacial score (nSPS) is 10.8. The fourth-order valence-corrected chi connectivity index (χ4v) is 1.97. The lowest BCUT2D eigenvalue weighted by molar-refractivity contribution is 0.133. The van der Waals surface area contributed by atoms with Crippen LogP contribution < -0.4 is 9.47 Å². The van der Waals surface area contributed by atoms with Crippen molar-refractivity contribution in [3.05, 3.63) is 23.6 Å². The summed E-state index contributed by atoms with van der Waals surface area (Å²) in [5.41, 5.74) is 0.612. The van der Waals surface area contributed by atoms with Crippen LogP contribution in [0, 0.1) is 0 Å². The average Bonchev–Trinajstić information content (AvgIpc) is 2.49. The van der Waals surface area contributed by atoms with Gasteiger partial charge in [0.2, 0.25) is 0 Å². The van der Waals surface area contributed by atoms with E-state index in [1.54, 1.807) is 20.3 Å². The number of halogens is 1. The number of aromatic nitrogens is 2. The van der Waals surface area contributed by atoms with Crippen LogP contribution in [0.25, 0.3) is 10.9 Å². The van der Waals surface area contributed by atoms with Crippen molar-refractivity contribution < 1.29 is 18.9 Å². The number of benzene rings is 1. The van der Waals surface area contributed by atoms with Gasteiger partial charge >= 0.3 is 0 Å². The van der Waals surface area contributed by atoms with Crippen LogP contribution >= 0.6 is 11.6 Å². The van der Waals surface area contributed by atoms with Gasteiger partial charge in [0.05, 0.1) is 13.2 Å². The van der Waals surface area contributed by atoms with Crippen LogP contribution in [0.2, 0.25) is 5.15 Å². The maximum Gasteiger partial charge on any atom is 0.187 e. The molecular weight excluding hydrogens is 296 g/mol. The minimum Gasteiger partial charge on any atom is -0.487 e. The summed E-state index contributed by atoms with van der Waals surface area (Å²) in [7, 11) is 3.23. The van der Waals surface area contributed by atoms with Gasteiger partial charge in [-0.15, -0.1) is 0 Å². The Balaban J connectivity index is 2.34. The summed E-state index contributed by atoms with van der Waals surface area (Å²) >= 11 is 6.08. The quantitative estimate of drug-likeness (QED) is 0.551. The third-order valence-corrected chi connectivity index (χ3v) is 3.06. The molecule has 0 aliphatic carbocycles. The Morgan fingerprint density at radius 1 is 0.952 bits per heavy atom. The van der Waals surface area contributed by atoms with Crippen molar-refractivity contribution in [2.45, 2.75) is 0 Å². The molecule has 1 heterocycles. The molecule has 0 saturated heterocycles. The summed E-state index contributed by atoms with van der Waals surface area (Å²) in [6, 6.07) is 3.60. The maximum absolute atomic E-state index is 6.08. The third-order valence-electron chi connectivity index (χ3n) is 2.75. The van der Waals surface area contributed by atoms with Crippen LogP contribution in [0.5, 0.6) is 11.5 Å². The van der Waals surface area contributed by atoms with Crippen LogP contribution in [-0.4, -0.2) is 50.6 Å². The van der Waals surface area contributed by atoms with Crippen LogP contribution in [0.3, 0.4) is 0 Å². The molecule has 0 radical (unpaired) electrons. The Morgan fingerprint density at radius 2 is 1.67 bits per heavy atom. The van der Waals surface area contributed by atoms with E-state index in [0.717, 1.165) is 0 Å². The Labute approximate surface area is 127 Å². The van der Waals surface area contributed by atoms with E-state index in [2.05, 4.69) is 9.97 Å². The van der Waals surface area contributed by atoms with Gasteiger partial charge in [-0.3, -0.25) is 0 Å². The molecule has 0 amide bonds. The molecule has 114 valence electrons. The molecule has 0 aliphatic rings. The fourth-order valence-electron chi connectivity index (χ4n) is 1.77. The molecule has 0 N–H and O–H groups in total. The highest BCUT2D eigenvalue weighted by Gasteiger charge is 2.14. The van der Waals surface area contributed by atoms with Gasteiger partial charge in [0.15, 0.2) is 11.5 Å². The van der Waals surface area contributed by atoms with Crippen molar-refractivity contribution in [2.24, 2.45) is 0 Å². The predicted molar refractivity (Wildman–Crippen MR) is 79.3 cm³/mol. The summed E-state index contributed by atoms with van der Waals surface area (Å²) in [6.45, 7) is 1.76. The first kappa shape index (κ1) is 15.8. The number of ether oxygens (including phenoxy) is 4. The first-order valence-corrected chi connectivity index (χ1v) is 6.82. The SMILES string of the molecule is COCCOc1ccc2c(Cl)ncnc2c1OCCOC. The number of nitrogens with zero attached hydrogens (tertiary/aromatic N) is 2. The van der Waals surface area contributed by atoms with Crippen LogP contribution in [0.4, 0.5) is 0 Å². The van der Waals surface area contributed by atoms with Gasteiger partial charge in [0, 0.05) is 19.6 Å². The number of rotatable bonds is 8. The Kier molecular flexibility index (Phi) is 5.98. The molecule has 0 bridgehead atoms. The molecule has 1 aromatic carbocycles. The molecule has 6 nitrogen and oxygen atoms in total. The molecule has 2 rings (SSSR count). The molecule has 0 unspecified atom stereocenters. The maximum atomic E-state index is 6.08. The van der Waals surface area contributed by atoms with Crippen molar-refractivity contribution in [1.82, 2.24) is 9.97 Å². The largest absolute Gasteiger partial charge is 0.487 e. The zero-order chi connectivity index (χ0) is 15.1. The first-order valence-electron chi connectivity index (χ1n) is 6.44. The van der Waals surface area contributed by atoms with E-state index >= 15 is 0 Å². The molecule has 0 aliphatic heterocycles. The molecule has 7 heteroatoms. The van der Waals surface area contributed by atoms with E-state index in [-0.39, 0.29) is 0 Å². The first-order chi connectivity index (χ1) is 10.3. The lowest BCUT2D eigenvalue weighted by Gasteiger charge is -2.14. The summed E-state index contributed by atoms with van der Waals surface area (Å²) in [6.07, 6.45) is 1.40. The van der Waals surface area contributed by atoms with Gasteiger partial charge in [-0.05, 0) is 12.1 Å². The van der Waals surface area contributed by atoms with E-state index in [0.29, 0.717) is 54.0 Å². The van der Waals surface area contributed by atoms with Crippen molar-refractivity contribution in [3.63, 3.8) is 0 Å². The minimum atomic E-state index is 0.375. The van der Waals surface area contributed by atoms with E-state index < -0.39 is 0 Å². The van der Waals surface area contributed by atoms with E-state index in [1.165, 1.54) is 6.33 Å². The number of hydrogen-bond acceptors (Lipinski definition) is 6. The smallest absolute Gasteiger partial charge is 0.187 e. The van der Waals surface area contributed by atoms with E-state index in [4.69, 9.17) is 30.5 Å². The summed E-state index contributed by atoms with van der Waals surface area (Å²) in [5.74, 6) is 1.12. The standard InChI is InChI=1S/C14H17ClN2O4/c1-18-5-7-20-11-4-3-10-12(16-9-17-14(10)15)13(11)21-8-6-19-2/h3-4,9H,5-8H2,1-2H3. The van der Waals surface area contributed by atoms with Crippen LogP contribution in [-0.2, 0) is 9.47 Å². The zero-order valence-electron chi connectivity index (χ0n) is 12.0. The highest BCUT2D eigenvalue weighted by Crippen LogP contribution is 2.36. The minimum absolute atomic E-state index is 0.375. The topological polar surface area (TPSA) is 62.7 Å². The highest BCUT2D eigenvalue weighted by atomic mass is 35.5. The van der Waals surface area contributed by atoms with Gasteiger partial charge in [-0.2, -0.15) is 0 Å². The summed E-state index contributed by atoms with van der Waals surface area (Å²) in [4.78, 5) is 8.20. The molecule has 0 atom stereocenters. The van der Waals surface area contributed by atoms with Gasteiger partial charge < -0.3 is 18.9 Å². The number of fused-ring (bicyclic) bond motifs is 1. The Bertz CT molecular complexity index is 594. The van der Waals surface area contributed by atoms with Crippen molar-refractivity contribution in [1.29, 1.82) is 0 Å². The number of methoxy groups -OCH3 is 2. The fraction of sp³-hybridized carbons (Fsp3) is 0.429. The van der Waals surface area contributed by atoms with Crippen molar-refractivity contribution in [3.8, 4) is 11.5 Å². The predicted octanol–water partition coefficient (Wildman–Crippen LogP) is 2.33. The second-order valence-corrected chi connectivity index (χ2v) is 4.49. The lowest BCUT2D eigenvalue weighted by Crippen LogP contribution is -2.09. The monoisotopic (exact) mass is 312 g/mol. The van der Waals surface area contributed by atoms with Gasteiger partial charge in [0.1, 0.15) is 30.2 Å². The molecule has 1 aromatic heterocycles. The molecule has 0 spiro atoms. The third kappa shape index (κ3) is 3.93. The Morgan fingerprint density at radius 3 is 2.38 bits per heavy atom. The van der Waals surface area contributed by atoms with Crippen LogP contribution in [0.15, 0.2) is 18.5 Å². The zero-order valence-corrected chi connectivity index (χ0v) is 12.7. The molecule has 0 saturated carbocycles. The molecule has 21 heavy (non-hydrogen) atoms. The van der Waals surface area contributed by atoms with Gasteiger partial charge in [-0.25, -0.2) is 9.97 Å². The van der Waals surface area contributed by atoms with Gasteiger partial charge in [0.25, 0.3) is 0 Å². The number of hydrogen-bond donors (Lipinski definition) is 0. The van der Waals surface area contributed by atoms with E-state index in [1.807, 2.05) is 6.07 Å². The van der Waals surface area contributed by atoms with E-state index in [9.17, 15) is 0 Å². The Hall–Kier alpha value is -1.63. The van der Waals surface area contributed by atoms with Crippen molar-refractivity contribution in [2.75, 3.05) is 40.6 Å². The van der Waals surface area contributed by atoms with Crippen LogP contribution in [0.1, 0.15) is 0 Å². The summed E-state index contributed by atoms with van der Waals surface area (Å²) < 4.78 is 21.4. The molecule has 0 fully saturated rings. The molecular formula is C14H17ClN2O4. The highest BCUT2D eigenvalue weighted by molar-refractivity contribution is 6.34. The second-order valence-electron chi connectivity index (χ2n) is 4.14. The van der Waals surface area contributed by atoms with Crippen molar-refractivity contribution >= 4 is 22.5 Å². The molecule has 2 aromatic rings. The summed E-state index contributed by atoms with van der Waals surface area (Å²) in [5, 5.41) is 1.09. The average molecular weight is 313 g/mol. The second kappa shape index (κ2) is 7.97.